The van der Waals surface area contributed by atoms with Crippen LogP contribution in [-0.4, -0.2) is 14.8 Å². The SMILES string of the molecule is CCC.CCc1ncn(-c2cccc(F)c2)n1. The molecule has 0 bridgehead atoms. The van der Waals surface area contributed by atoms with Gasteiger partial charge in [0.1, 0.15) is 12.1 Å². The first-order chi connectivity index (χ1) is 8.21. The quantitative estimate of drug-likeness (QED) is 0.798. The Kier molecular flexibility index (Phi) is 5.33. The van der Waals surface area contributed by atoms with Crippen LogP contribution >= 0.6 is 0 Å². The van der Waals surface area contributed by atoms with Crippen molar-refractivity contribution in [2.45, 2.75) is 33.6 Å². The van der Waals surface area contributed by atoms with Crippen LogP contribution in [0.25, 0.3) is 5.69 Å². The maximum atomic E-state index is 12.9. The lowest BCUT2D eigenvalue weighted by molar-refractivity contribution is 0.625. The molecule has 0 saturated heterocycles. The third kappa shape index (κ3) is 3.98. The Bertz CT molecular complexity index is 451. The molecule has 0 aliphatic rings. The standard InChI is InChI=1S/C10H10FN3.C3H8/c1-2-10-12-7-14(13-10)9-5-3-4-8(11)6-9;1-3-2/h3-7H,2H2,1H3;3H2,1-2H3. The van der Waals surface area contributed by atoms with Gasteiger partial charge in [0.2, 0.25) is 0 Å². The molecule has 0 atom stereocenters. The Hall–Kier alpha value is -1.71. The van der Waals surface area contributed by atoms with Crippen molar-refractivity contribution in [3.8, 4) is 5.69 Å². The summed E-state index contributed by atoms with van der Waals surface area (Å²) in [6, 6.07) is 6.27. The molecule has 92 valence electrons. The Morgan fingerprint density at radius 2 is 1.94 bits per heavy atom. The molecule has 0 amide bonds. The maximum absolute atomic E-state index is 12.9. The smallest absolute Gasteiger partial charge is 0.150 e. The predicted molar refractivity (Wildman–Crippen MR) is 66.7 cm³/mol. The zero-order chi connectivity index (χ0) is 12.7. The molecular formula is C13H18FN3. The molecule has 1 aromatic carbocycles. The Morgan fingerprint density at radius 3 is 2.47 bits per heavy atom. The molecule has 3 nitrogen and oxygen atoms in total. The molecule has 2 aromatic rings. The lowest BCUT2D eigenvalue weighted by atomic mass is 10.3. The van der Waals surface area contributed by atoms with Crippen molar-refractivity contribution in [2.24, 2.45) is 0 Å². The number of aromatic nitrogens is 3. The van der Waals surface area contributed by atoms with Gasteiger partial charge in [-0.1, -0.05) is 33.3 Å². The largest absolute Gasteiger partial charge is 0.221 e. The Labute approximate surface area is 101 Å². The summed E-state index contributed by atoms with van der Waals surface area (Å²) in [7, 11) is 0. The molecule has 0 radical (unpaired) electrons. The lowest BCUT2D eigenvalue weighted by Gasteiger charge is -1.98. The van der Waals surface area contributed by atoms with E-state index in [4.69, 9.17) is 0 Å². The van der Waals surface area contributed by atoms with Crippen LogP contribution in [0.1, 0.15) is 33.0 Å². The first-order valence-electron chi connectivity index (χ1n) is 5.87. The highest BCUT2D eigenvalue weighted by Crippen LogP contribution is 2.08. The number of hydrogen-bond acceptors (Lipinski definition) is 2. The van der Waals surface area contributed by atoms with Crippen LogP contribution in [-0.2, 0) is 6.42 Å². The van der Waals surface area contributed by atoms with E-state index in [1.807, 2.05) is 6.92 Å². The summed E-state index contributed by atoms with van der Waals surface area (Å²) < 4.78 is 14.5. The summed E-state index contributed by atoms with van der Waals surface area (Å²) >= 11 is 0. The zero-order valence-corrected chi connectivity index (χ0v) is 10.5. The molecule has 2 rings (SSSR count). The molecule has 0 N–H and O–H groups in total. The molecule has 17 heavy (non-hydrogen) atoms. The number of hydrogen-bond donors (Lipinski definition) is 0. The molecule has 1 aromatic heterocycles. The van der Waals surface area contributed by atoms with E-state index >= 15 is 0 Å². The molecular weight excluding hydrogens is 217 g/mol. The highest BCUT2D eigenvalue weighted by atomic mass is 19.1. The second-order valence-electron chi connectivity index (χ2n) is 3.65. The normalized spacial score (nSPS) is 9.65. The highest BCUT2D eigenvalue weighted by molar-refractivity contribution is 5.30. The monoisotopic (exact) mass is 235 g/mol. The maximum Gasteiger partial charge on any atom is 0.150 e. The van der Waals surface area contributed by atoms with Gasteiger partial charge in [-0.05, 0) is 18.2 Å². The van der Waals surface area contributed by atoms with Gasteiger partial charge in [-0.3, -0.25) is 0 Å². The number of aryl methyl sites for hydroxylation is 1. The van der Waals surface area contributed by atoms with Gasteiger partial charge in [0.25, 0.3) is 0 Å². The molecule has 0 unspecified atom stereocenters. The van der Waals surface area contributed by atoms with Gasteiger partial charge in [-0.15, -0.1) is 0 Å². The number of benzene rings is 1. The third-order valence-electron chi connectivity index (χ3n) is 1.93. The fourth-order valence-corrected chi connectivity index (χ4v) is 1.20. The average molecular weight is 235 g/mol. The third-order valence-corrected chi connectivity index (χ3v) is 1.93. The zero-order valence-electron chi connectivity index (χ0n) is 10.5. The van der Waals surface area contributed by atoms with Crippen molar-refractivity contribution in [1.82, 2.24) is 14.8 Å². The summed E-state index contributed by atoms with van der Waals surface area (Å²) in [5, 5.41) is 4.18. The fourth-order valence-electron chi connectivity index (χ4n) is 1.20. The van der Waals surface area contributed by atoms with Crippen LogP contribution in [0, 0.1) is 5.82 Å². The van der Waals surface area contributed by atoms with E-state index < -0.39 is 0 Å². The number of halogens is 1. The fraction of sp³-hybridized carbons (Fsp3) is 0.385. The van der Waals surface area contributed by atoms with Gasteiger partial charge in [-0.2, -0.15) is 5.10 Å². The van der Waals surface area contributed by atoms with Crippen LogP contribution < -0.4 is 0 Å². The van der Waals surface area contributed by atoms with Crippen molar-refractivity contribution in [3.05, 3.63) is 42.2 Å². The average Bonchev–Trinajstić information content (AvgIpc) is 2.78. The minimum absolute atomic E-state index is 0.268. The van der Waals surface area contributed by atoms with E-state index in [1.165, 1.54) is 18.6 Å². The molecule has 4 heteroatoms. The van der Waals surface area contributed by atoms with Gasteiger partial charge < -0.3 is 0 Å². The summed E-state index contributed by atoms with van der Waals surface area (Å²) in [5.41, 5.74) is 0.692. The summed E-state index contributed by atoms with van der Waals surface area (Å²) in [5.74, 6) is 0.491. The van der Waals surface area contributed by atoms with E-state index in [9.17, 15) is 4.39 Å². The van der Waals surface area contributed by atoms with Crippen molar-refractivity contribution >= 4 is 0 Å². The number of rotatable bonds is 2. The second-order valence-corrected chi connectivity index (χ2v) is 3.65. The van der Waals surface area contributed by atoms with E-state index in [0.717, 1.165) is 12.2 Å². The minimum atomic E-state index is -0.268. The van der Waals surface area contributed by atoms with Gasteiger partial charge in [0, 0.05) is 6.42 Å². The minimum Gasteiger partial charge on any atom is -0.221 e. The Balaban J connectivity index is 0.000000437. The lowest BCUT2D eigenvalue weighted by Crippen LogP contribution is -1.95. The summed E-state index contributed by atoms with van der Waals surface area (Å²) in [6.07, 6.45) is 3.62. The van der Waals surface area contributed by atoms with Crippen molar-refractivity contribution in [1.29, 1.82) is 0 Å². The van der Waals surface area contributed by atoms with Crippen LogP contribution in [0.3, 0.4) is 0 Å². The topological polar surface area (TPSA) is 30.7 Å². The molecule has 0 aliphatic carbocycles. The van der Waals surface area contributed by atoms with Crippen molar-refractivity contribution in [2.75, 3.05) is 0 Å². The van der Waals surface area contributed by atoms with Crippen molar-refractivity contribution < 1.29 is 4.39 Å². The van der Waals surface area contributed by atoms with Crippen LogP contribution in [0.5, 0.6) is 0 Å². The molecule has 0 aliphatic heterocycles. The van der Waals surface area contributed by atoms with Crippen molar-refractivity contribution in [3.63, 3.8) is 0 Å². The number of nitrogens with zero attached hydrogens (tertiary/aromatic N) is 3. The summed E-state index contributed by atoms with van der Waals surface area (Å²) in [4.78, 5) is 4.07. The van der Waals surface area contributed by atoms with E-state index in [0.29, 0.717) is 5.69 Å². The summed E-state index contributed by atoms with van der Waals surface area (Å²) in [6.45, 7) is 6.23. The first-order valence-corrected chi connectivity index (χ1v) is 5.87. The van der Waals surface area contributed by atoms with Gasteiger partial charge in [0.15, 0.2) is 5.82 Å². The van der Waals surface area contributed by atoms with E-state index in [-0.39, 0.29) is 5.82 Å². The molecule has 0 fully saturated rings. The van der Waals surface area contributed by atoms with E-state index in [2.05, 4.69) is 23.9 Å². The highest BCUT2D eigenvalue weighted by Gasteiger charge is 2.01. The molecule has 0 spiro atoms. The van der Waals surface area contributed by atoms with Gasteiger partial charge in [-0.25, -0.2) is 14.1 Å². The van der Waals surface area contributed by atoms with Gasteiger partial charge in [0.05, 0.1) is 5.69 Å². The first kappa shape index (κ1) is 13.4. The second kappa shape index (κ2) is 6.78. The van der Waals surface area contributed by atoms with E-state index in [1.54, 1.807) is 23.1 Å². The molecule has 1 heterocycles. The predicted octanol–water partition coefficient (Wildman–Crippen LogP) is 3.39. The molecule has 0 saturated carbocycles. The van der Waals surface area contributed by atoms with Crippen LogP contribution in [0.4, 0.5) is 4.39 Å². The van der Waals surface area contributed by atoms with Gasteiger partial charge >= 0.3 is 0 Å². The Morgan fingerprint density at radius 1 is 1.24 bits per heavy atom. The van der Waals surface area contributed by atoms with Crippen LogP contribution in [0.2, 0.25) is 0 Å². The van der Waals surface area contributed by atoms with Crippen LogP contribution in [0.15, 0.2) is 30.6 Å².